The second kappa shape index (κ2) is 9.71. The number of benzene rings is 2. The summed E-state index contributed by atoms with van der Waals surface area (Å²) >= 11 is 0. The smallest absolute Gasteiger partial charge is 0.407 e. The lowest BCUT2D eigenvalue weighted by atomic mass is 9.91. The molecule has 4 N–H and O–H groups in total. The van der Waals surface area contributed by atoms with Crippen LogP contribution in [-0.2, 0) is 12.8 Å². The number of hydrogen-bond donors (Lipinski definition) is 3. The van der Waals surface area contributed by atoms with Crippen LogP contribution in [0.25, 0.3) is 0 Å². The molecule has 0 spiro atoms. The van der Waals surface area contributed by atoms with Gasteiger partial charge in [0, 0.05) is 17.6 Å². The van der Waals surface area contributed by atoms with Crippen molar-refractivity contribution >= 4 is 6.09 Å². The van der Waals surface area contributed by atoms with Crippen LogP contribution in [0.1, 0.15) is 38.3 Å². The first kappa shape index (κ1) is 21.9. The Hall–Kier alpha value is -2.37. The van der Waals surface area contributed by atoms with Gasteiger partial charge < -0.3 is 20.8 Å². The van der Waals surface area contributed by atoms with Crippen molar-refractivity contribution in [2.45, 2.75) is 63.8 Å². The topological polar surface area (TPSA) is 86.8 Å². The maximum Gasteiger partial charge on any atom is 0.407 e. The van der Waals surface area contributed by atoms with E-state index in [9.17, 15) is 15.0 Å². The van der Waals surface area contributed by atoms with Gasteiger partial charge in [-0.2, -0.15) is 0 Å². The summed E-state index contributed by atoms with van der Waals surface area (Å²) in [6, 6.07) is 18.7. The first-order valence-electron chi connectivity index (χ1n) is 9.72. The first-order valence-corrected chi connectivity index (χ1v) is 9.72. The Kier molecular flexibility index (Phi) is 7.61. The van der Waals surface area contributed by atoms with Gasteiger partial charge in [0.1, 0.15) is 0 Å². The summed E-state index contributed by atoms with van der Waals surface area (Å²) in [5.74, 6) is 0. The largest absolute Gasteiger partial charge is 0.465 e. The summed E-state index contributed by atoms with van der Waals surface area (Å²) < 4.78 is 0. The Labute approximate surface area is 167 Å². The Morgan fingerprint density at radius 1 is 0.964 bits per heavy atom. The highest BCUT2D eigenvalue weighted by molar-refractivity contribution is 5.66. The second-order valence-electron chi connectivity index (χ2n) is 8.32. The van der Waals surface area contributed by atoms with Gasteiger partial charge in [-0.05, 0) is 51.2 Å². The minimum Gasteiger partial charge on any atom is -0.465 e. The summed E-state index contributed by atoms with van der Waals surface area (Å²) in [5.41, 5.74) is 7.76. The average molecular weight is 385 g/mol. The van der Waals surface area contributed by atoms with E-state index in [2.05, 4.69) is 0 Å². The van der Waals surface area contributed by atoms with Crippen molar-refractivity contribution in [3.8, 4) is 0 Å². The zero-order valence-corrected chi connectivity index (χ0v) is 17.0. The molecule has 0 aromatic heterocycles. The predicted molar refractivity (Wildman–Crippen MR) is 112 cm³/mol. The number of hydrogen-bond acceptors (Lipinski definition) is 3. The third-order valence-corrected chi connectivity index (χ3v) is 4.93. The van der Waals surface area contributed by atoms with Crippen LogP contribution in [0.5, 0.6) is 0 Å². The van der Waals surface area contributed by atoms with Crippen molar-refractivity contribution in [1.29, 1.82) is 0 Å². The van der Waals surface area contributed by atoms with Gasteiger partial charge in [-0.15, -0.1) is 0 Å². The monoisotopic (exact) mass is 384 g/mol. The number of aliphatic hydroxyl groups is 1. The number of amides is 1. The molecule has 0 aliphatic heterocycles. The Balaban J connectivity index is 2.18. The van der Waals surface area contributed by atoms with Crippen LogP contribution in [0.15, 0.2) is 60.7 Å². The molecule has 0 aliphatic rings. The standard InChI is InChI=1S/C23H32N2O3/c1-23(2,3)25(22(27)28)19(14-17-10-6-4-7-11-17)16-21(26)20(24)15-18-12-8-5-9-13-18/h4-13,19-21,26H,14-16,24H2,1-3H3,(H,27,28)/t19-,20-,21-/m0/s1. The summed E-state index contributed by atoms with van der Waals surface area (Å²) in [7, 11) is 0. The molecule has 0 unspecified atom stereocenters. The summed E-state index contributed by atoms with van der Waals surface area (Å²) in [6.07, 6.45) is -0.440. The molecule has 0 fully saturated rings. The molecule has 0 radical (unpaired) electrons. The SMILES string of the molecule is CC(C)(C)N(C(=O)O)[C@@H](Cc1ccccc1)C[C@H](O)[C@@H](N)Cc1ccccc1. The molecule has 0 saturated heterocycles. The third kappa shape index (κ3) is 6.36. The summed E-state index contributed by atoms with van der Waals surface area (Å²) in [4.78, 5) is 13.5. The molecule has 2 aromatic carbocycles. The zero-order chi connectivity index (χ0) is 20.7. The van der Waals surface area contributed by atoms with E-state index in [1.807, 2.05) is 81.4 Å². The molecule has 2 rings (SSSR count). The summed E-state index contributed by atoms with van der Waals surface area (Å²) in [5, 5.41) is 20.6. The van der Waals surface area contributed by atoms with Crippen molar-refractivity contribution in [3.63, 3.8) is 0 Å². The molecule has 1 amide bonds. The quantitative estimate of drug-likeness (QED) is 0.648. The maximum atomic E-state index is 12.0. The van der Waals surface area contributed by atoms with Crippen molar-refractivity contribution in [3.05, 3.63) is 71.8 Å². The van der Waals surface area contributed by atoms with Crippen LogP contribution >= 0.6 is 0 Å². The molecular formula is C23H32N2O3. The Bertz CT molecular complexity index is 729. The second-order valence-corrected chi connectivity index (χ2v) is 8.32. The average Bonchev–Trinajstić information content (AvgIpc) is 2.61. The van der Waals surface area contributed by atoms with Crippen molar-refractivity contribution in [2.75, 3.05) is 0 Å². The number of aliphatic hydroxyl groups excluding tert-OH is 1. The van der Waals surface area contributed by atoms with Gasteiger partial charge in [0.2, 0.25) is 0 Å². The summed E-state index contributed by atoms with van der Waals surface area (Å²) in [6.45, 7) is 5.61. The van der Waals surface area contributed by atoms with E-state index < -0.39 is 23.8 Å². The molecule has 152 valence electrons. The fourth-order valence-corrected chi connectivity index (χ4v) is 3.63. The van der Waals surface area contributed by atoms with E-state index in [4.69, 9.17) is 5.73 Å². The van der Waals surface area contributed by atoms with E-state index in [0.717, 1.165) is 11.1 Å². The van der Waals surface area contributed by atoms with Gasteiger partial charge in [0.25, 0.3) is 0 Å². The fourth-order valence-electron chi connectivity index (χ4n) is 3.63. The molecule has 28 heavy (non-hydrogen) atoms. The van der Waals surface area contributed by atoms with Gasteiger partial charge in [-0.25, -0.2) is 4.79 Å². The predicted octanol–water partition coefficient (Wildman–Crippen LogP) is 3.70. The molecular weight excluding hydrogens is 352 g/mol. The lowest BCUT2D eigenvalue weighted by molar-refractivity contribution is 0.0389. The molecule has 0 bridgehead atoms. The van der Waals surface area contributed by atoms with E-state index in [0.29, 0.717) is 12.8 Å². The fraction of sp³-hybridized carbons (Fsp3) is 0.435. The number of nitrogens with zero attached hydrogens (tertiary/aromatic N) is 1. The van der Waals surface area contributed by atoms with E-state index in [-0.39, 0.29) is 12.5 Å². The van der Waals surface area contributed by atoms with Crippen LogP contribution in [0.2, 0.25) is 0 Å². The van der Waals surface area contributed by atoms with Crippen molar-refractivity contribution in [2.24, 2.45) is 5.73 Å². The lowest BCUT2D eigenvalue weighted by Gasteiger charge is -2.41. The Morgan fingerprint density at radius 3 is 1.86 bits per heavy atom. The number of nitrogens with two attached hydrogens (primary N) is 1. The van der Waals surface area contributed by atoms with Gasteiger partial charge in [-0.3, -0.25) is 0 Å². The molecule has 0 heterocycles. The highest BCUT2D eigenvalue weighted by Gasteiger charge is 2.35. The third-order valence-electron chi connectivity index (χ3n) is 4.93. The van der Waals surface area contributed by atoms with Gasteiger partial charge in [0.15, 0.2) is 0 Å². The zero-order valence-electron chi connectivity index (χ0n) is 17.0. The van der Waals surface area contributed by atoms with E-state index in [1.165, 1.54) is 4.90 Å². The minimum absolute atomic E-state index is 0.284. The molecule has 5 heteroatoms. The maximum absolute atomic E-state index is 12.0. The van der Waals surface area contributed by atoms with Crippen molar-refractivity contribution in [1.82, 2.24) is 4.90 Å². The molecule has 2 aromatic rings. The van der Waals surface area contributed by atoms with Gasteiger partial charge in [0.05, 0.1) is 6.10 Å². The number of carbonyl (C=O) groups is 1. The molecule has 0 saturated carbocycles. The first-order chi connectivity index (χ1) is 13.2. The Morgan fingerprint density at radius 2 is 1.43 bits per heavy atom. The highest BCUT2D eigenvalue weighted by Crippen LogP contribution is 2.24. The highest BCUT2D eigenvalue weighted by atomic mass is 16.4. The number of carboxylic acid groups (broad SMARTS) is 1. The van der Waals surface area contributed by atoms with Crippen molar-refractivity contribution < 1.29 is 15.0 Å². The van der Waals surface area contributed by atoms with Crippen LogP contribution in [0.3, 0.4) is 0 Å². The molecule has 3 atom stereocenters. The molecule has 5 nitrogen and oxygen atoms in total. The van der Waals surface area contributed by atoms with E-state index in [1.54, 1.807) is 0 Å². The molecule has 0 aliphatic carbocycles. The van der Waals surface area contributed by atoms with Crippen LogP contribution < -0.4 is 5.73 Å². The van der Waals surface area contributed by atoms with Crippen LogP contribution in [-0.4, -0.2) is 44.9 Å². The normalized spacial score (nSPS) is 14.9. The minimum atomic E-state index is -0.989. The van der Waals surface area contributed by atoms with Gasteiger partial charge in [-0.1, -0.05) is 60.7 Å². The van der Waals surface area contributed by atoms with E-state index >= 15 is 0 Å². The van der Waals surface area contributed by atoms with Gasteiger partial charge >= 0.3 is 6.09 Å². The lowest BCUT2D eigenvalue weighted by Crippen LogP contribution is -2.54. The number of rotatable bonds is 8. The van der Waals surface area contributed by atoms with Crippen LogP contribution in [0.4, 0.5) is 4.79 Å². The van der Waals surface area contributed by atoms with Crippen LogP contribution in [0, 0.1) is 0 Å².